The minimum Gasteiger partial charge on any atom is -0.452 e. The molecular weight excluding hydrogens is 376 g/mol. The van der Waals surface area contributed by atoms with Crippen molar-refractivity contribution < 1.29 is 18.7 Å². The van der Waals surface area contributed by atoms with Gasteiger partial charge in [-0.05, 0) is 36.6 Å². The topological polar surface area (TPSA) is 72.6 Å². The minimum absolute atomic E-state index is 0.135. The molecular formula is C21H20N2O4S. The largest absolute Gasteiger partial charge is 0.452 e. The van der Waals surface area contributed by atoms with E-state index in [1.807, 2.05) is 36.4 Å². The summed E-state index contributed by atoms with van der Waals surface area (Å²) >= 11 is 1.41. The van der Waals surface area contributed by atoms with Crippen LogP contribution in [0.1, 0.15) is 28.8 Å². The van der Waals surface area contributed by atoms with Gasteiger partial charge in [-0.1, -0.05) is 42.1 Å². The number of ether oxygens (including phenoxy) is 1. The van der Waals surface area contributed by atoms with Crippen LogP contribution in [0.25, 0.3) is 11.1 Å². The molecule has 0 N–H and O–H groups in total. The van der Waals surface area contributed by atoms with Crippen LogP contribution in [0, 0.1) is 0 Å². The molecule has 0 unspecified atom stereocenters. The number of fused-ring (bicyclic) bond motifs is 1. The summed E-state index contributed by atoms with van der Waals surface area (Å²) in [5.41, 5.74) is 2.81. The van der Waals surface area contributed by atoms with Gasteiger partial charge in [-0.25, -0.2) is 9.78 Å². The number of esters is 1. The zero-order valence-corrected chi connectivity index (χ0v) is 16.1. The van der Waals surface area contributed by atoms with Gasteiger partial charge in [-0.3, -0.25) is 4.79 Å². The Morgan fingerprint density at radius 3 is 2.64 bits per heavy atom. The van der Waals surface area contributed by atoms with Crippen LogP contribution in [0.4, 0.5) is 0 Å². The highest BCUT2D eigenvalue weighted by Gasteiger charge is 2.20. The maximum absolute atomic E-state index is 12.5. The average Bonchev–Trinajstić information content (AvgIpc) is 3.40. The van der Waals surface area contributed by atoms with Gasteiger partial charge < -0.3 is 14.1 Å². The number of oxazole rings is 1. The van der Waals surface area contributed by atoms with Gasteiger partial charge in [0.1, 0.15) is 5.52 Å². The van der Waals surface area contributed by atoms with E-state index < -0.39 is 5.97 Å². The lowest BCUT2D eigenvalue weighted by Crippen LogP contribution is -2.32. The number of amides is 1. The van der Waals surface area contributed by atoms with Crippen molar-refractivity contribution in [2.75, 3.05) is 19.7 Å². The van der Waals surface area contributed by atoms with E-state index in [2.05, 4.69) is 4.98 Å². The maximum Gasteiger partial charge on any atom is 0.338 e. The Kier molecular flexibility index (Phi) is 5.62. The molecule has 2 aromatic carbocycles. The fourth-order valence-electron chi connectivity index (χ4n) is 3.16. The molecule has 1 aliphatic heterocycles. The van der Waals surface area contributed by atoms with Gasteiger partial charge in [0.15, 0.2) is 12.2 Å². The molecule has 28 heavy (non-hydrogen) atoms. The number of likely N-dealkylation sites (tertiary alicyclic amines) is 1. The SMILES string of the molecule is O=C(OCC(=O)N1CCCC1)c1ccccc1CSc1nc2ccccc2o1. The molecule has 6 nitrogen and oxygen atoms in total. The van der Waals surface area contributed by atoms with Crippen molar-refractivity contribution in [3.63, 3.8) is 0 Å². The van der Waals surface area contributed by atoms with Crippen LogP contribution < -0.4 is 0 Å². The van der Waals surface area contributed by atoms with E-state index in [1.54, 1.807) is 17.0 Å². The summed E-state index contributed by atoms with van der Waals surface area (Å²) in [5, 5.41) is 0.550. The normalized spacial score (nSPS) is 13.8. The van der Waals surface area contributed by atoms with E-state index >= 15 is 0 Å². The Labute approximate surface area is 166 Å². The fraction of sp³-hybridized carbons (Fsp3) is 0.286. The van der Waals surface area contributed by atoms with Crippen LogP contribution in [0.15, 0.2) is 58.2 Å². The number of benzene rings is 2. The van der Waals surface area contributed by atoms with Crippen LogP contribution >= 0.6 is 11.8 Å². The molecule has 1 aromatic heterocycles. The lowest BCUT2D eigenvalue weighted by Gasteiger charge is -2.15. The number of para-hydroxylation sites is 2. The summed E-state index contributed by atoms with van der Waals surface area (Å²) in [5.74, 6) is -0.108. The molecule has 3 aromatic rings. The summed E-state index contributed by atoms with van der Waals surface area (Å²) in [6, 6.07) is 14.8. The third-order valence-electron chi connectivity index (χ3n) is 4.65. The summed E-state index contributed by atoms with van der Waals surface area (Å²) in [6.45, 7) is 1.27. The van der Waals surface area contributed by atoms with Crippen LogP contribution in [-0.2, 0) is 15.3 Å². The Bertz CT molecular complexity index is 962. The van der Waals surface area contributed by atoms with Gasteiger partial charge in [0.05, 0.1) is 5.56 Å². The van der Waals surface area contributed by atoms with E-state index in [0.29, 0.717) is 16.5 Å². The molecule has 4 rings (SSSR count). The fourth-order valence-corrected chi connectivity index (χ4v) is 4.00. The highest BCUT2D eigenvalue weighted by molar-refractivity contribution is 7.98. The smallest absolute Gasteiger partial charge is 0.338 e. The van der Waals surface area contributed by atoms with Crippen molar-refractivity contribution in [1.29, 1.82) is 0 Å². The van der Waals surface area contributed by atoms with E-state index in [9.17, 15) is 9.59 Å². The Morgan fingerprint density at radius 1 is 1.07 bits per heavy atom. The number of rotatable bonds is 6. The maximum atomic E-state index is 12.5. The van der Waals surface area contributed by atoms with Crippen molar-refractivity contribution in [2.24, 2.45) is 0 Å². The molecule has 0 atom stereocenters. The lowest BCUT2D eigenvalue weighted by atomic mass is 10.1. The van der Waals surface area contributed by atoms with Gasteiger partial charge >= 0.3 is 5.97 Å². The van der Waals surface area contributed by atoms with Gasteiger partial charge in [-0.15, -0.1) is 0 Å². The summed E-state index contributed by atoms with van der Waals surface area (Å²) < 4.78 is 11.0. The second-order valence-corrected chi connectivity index (χ2v) is 7.48. The van der Waals surface area contributed by atoms with Crippen molar-refractivity contribution in [2.45, 2.75) is 23.8 Å². The molecule has 2 heterocycles. The Balaban J connectivity index is 1.39. The van der Waals surface area contributed by atoms with Gasteiger partial charge in [0.2, 0.25) is 0 Å². The number of hydrogen-bond donors (Lipinski definition) is 0. The molecule has 1 amide bonds. The molecule has 1 fully saturated rings. The van der Waals surface area contributed by atoms with Crippen LogP contribution in [-0.4, -0.2) is 41.5 Å². The molecule has 7 heteroatoms. The number of thioether (sulfide) groups is 1. The van der Waals surface area contributed by atoms with E-state index in [4.69, 9.17) is 9.15 Å². The second kappa shape index (κ2) is 8.48. The molecule has 0 radical (unpaired) electrons. The first-order valence-corrected chi connectivity index (χ1v) is 10.2. The van der Waals surface area contributed by atoms with Gasteiger partial charge in [0.25, 0.3) is 11.1 Å². The molecule has 0 aliphatic carbocycles. The minimum atomic E-state index is -0.485. The van der Waals surface area contributed by atoms with E-state index in [1.165, 1.54) is 11.8 Å². The molecule has 1 saturated heterocycles. The summed E-state index contributed by atoms with van der Waals surface area (Å²) in [6.07, 6.45) is 2.02. The zero-order chi connectivity index (χ0) is 19.3. The average molecular weight is 396 g/mol. The molecule has 1 aliphatic rings. The molecule has 0 saturated carbocycles. The first-order chi connectivity index (χ1) is 13.7. The van der Waals surface area contributed by atoms with Crippen LogP contribution in [0.3, 0.4) is 0 Å². The quantitative estimate of drug-likeness (QED) is 0.465. The van der Waals surface area contributed by atoms with Gasteiger partial charge in [-0.2, -0.15) is 0 Å². The highest BCUT2D eigenvalue weighted by atomic mass is 32.2. The standard InChI is InChI=1S/C21H20N2O4S/c24-19(23-11-5-6-12-23)13-26-20(25)16-8-2-1-7-15(16)14-28-21-22-17-9-3-4-10-18(17)27-21/h1-4,7-10H,5-6,11-14H2. The lowest BCUT2D eigenvalue weighted by molar-refractivity contribution is -0.133. The van der Waals surface area contributed by atoms with Gasteiger partial charge in [0, 0.05) is 18.8 Å². The Morgan fingerprint density at radius 2 is 1.82 bits per heavy atom. The first kappa shape index (κ1) is 18.6. The molecule has 144 valence electrons. The summed E-state index contributed by atoms with van der Waals surface area (Å²) in [4.78, 5) is 30.8. The van der Waals surface area contributed by atoms with Crippen molar-refractivity contribution in [3.8, 4) is 0 Å². The third-order valence-corrected chi connectivity index (χ3v) is 5.53. The van der Waals surface area contributed by atoms with Crippen molar-refractivity contribution in [3.05, 3.63) is 59.7 Å². The number of hydrogen-bond acceptors (Lipinski definition) is 6. The van der Waals surface area contributed by atoms with E-state index in [-0.39, 0.29) is 12.5 Å². The zero-order valence-electron chi connectivity index (χ0n) is 15.3. The predicted molar refractivity (Wildman–Crippen MR) is 106 cm³/mol. The summed E-state index contributed by atoms with van der Waals surface area (Å²) in [7, 11) is 0. The molecule has 0 bridgehead atoms. The van der Waals surface area contributed by atoms with Crippen molar-refractivity contribution in [1.82, 2.24) is 9.88 Å². The van der Waals surface area contributed by atoms with E-state index in [0.717, 1.165) is 42.6 Å². The van der Waals surface area contributed by atoms with Crippen molar-refractivity contribution >= 4 is 34.7 Å². The Hall–Kier alpha value is -2.80. The number of aromatic nitrogens is 1. The monoisotopic (exact) mass is 396 g/mol. The van der Waals surface area contributed by atoms with Crippen LogP contribution in [0.5, 0.6) is 0 Å². The number of carbonyl (C=O) groups is 2. The van der Waals surface area contributed by atoms with Crippen LogP contribution in [0.2, 0.25) is 0 Å². The predicted octanol–water partition coefficient (Wildman–Crippen LogP) is 3.90. The third kappa shape index (κ3) is 4.20. The highest BCUT2D eigenvalue weighted by Crippen LogP contribution is 2.27. The number of carbonyl (C=O) groups excluding carboxylic acids is 2. The first-order valence-electron chi connectivity index (χ1n) is 9.22. The second-order valence-electron chi connectivity index (χ2n) is 6.56. The number of nitrogens with zero attached hydrogens (tertiary/aromatic N) is 2. The molecule has 0 spiro atoms.